The van der Waals surface area contributed by atoms with E-state index in [9.17, 15) is 19.2 Å². The summed E-state index contributed by atoms with van der Waals surface area (Å²) in [5.41, 5.74) is 0.860. The standard InChI is InChI=1S/C22H21N5O6S2/c1-2-32-20(31)13-5-7-14(8-6-13)23-17(28)10-16-19(30)27(11-15-4-3-9-33-15)22(35-16)26-25-21-24-18(29)12-34-21/h3-9,16H,2,10-12H2,1H3,(H,23,28)(H,24,25,29)/b26-22+/t16-/m0/s1. The fourth-order valence-corrected chi connectivity index (χ4v) is 4.88. The molecule has 2 aromatic rings. The highest BCUT2D eigenvalue weighted by atomic mass is 32.2. The molecular weight excluding hydrogens is 494 g/mol. The topological polar surface area (TPSA) is 143 Å². The Morgan fingerprint density at radius 3 is 2.69 bits per heavy atom. The molecule has 0 spiro atoms. The van der Waals surface area contributed by atoms with Crippen LogP contribution >= 0.6 is 23.5 Å². The summed E-state index contributed by atoms with van der Waals surface area (Å²) in [6.07, 6.45) is 1.40. The van der Waals surface area contributed by atoms with Crippen LogP contribution in [-0.4, -0.2) is 56.5 Å². The number of nitrogens with zero attached hydrogens (tertiary/aromatic N) is 3. The van der Waals surface area contributed by atoms with Crippen LogP contribution < -0.4 is 10.6 Å². The van der Waals surface area contributed by atoms with E-state index in [0.717, 1.165) is 11.8 Å². The minimum absolute atomic E-state index is 0.0984. The number of ether oxygens (including phenoxy) is 1. The highest BCUT2D eigenvalue weighted by Crippen LogP contribution is 2.31. The fraction of sp³-hybridized carbons (Fsp3) is 0.273. The van der Waals surface area contributed by atoms with Crippen molar-refractivity contribution in [3.05, 3.63) is 54.0 Å². The van der Waals surface area contributed by atoms with Gasteiger partial charge in [0, 0.05) is 12.1 Å². The Morgan fingerprint density at radius 1 is 1.23 bits per heavy atom. The largest absolute Gasteiger partial charge is 0.467 e. The maximum Gasteiger partial charge on any atom is 0.338 e. The van der Waals surface area contributed by atoms with Gasteiger partial charge in [0.1, 0.15) is 11.0 Å². The monoisotopic (exact) mass is 515 g/mol. The zero-order chi connectivity index (χ0) is 24.8. The van der Waals surface area contributed by atoms with E-state index >= 15 is 0 Å². The van der Waals surface area contributed by atoms with E-state index in [1.807, 2.05) is 0 Å². The number of carbonyl (C=O) groups is 4. The maximum atomic E-state index is 13.1. The molecule has 3 amide bonds. The second kappa shape index (κ2) is 11.2. The molecule has 0 bridgehead atoms. The van der Waals surface area contributed by atoms with Crippen molar-refractivity contribution in [2.24, 2.45) is 10.2 Å². The first kappa shape index (κ1) is 24.5. The molecule has 2 saturated heterocycles. The van der Waals surface area contributed by atoms with Crippen molar-refractivity contribution in [3.8, 4) is 0 Å². The lowest BCUT2D eigenvalue weighted by molar-refractivity contribution is -0.128. The van der Waals surface area contributed by atoms with E-state index in [0.29, 0.717) is 27.3 Å². The molecule has 0 saturated carbocycles. The predicted octanol–water partition coefficient (Wildman–Crippen LogP) is 2.42. The third-order valence-corrected chi connectivity index (χ3v) is 6.81. The van der Waals surface area contributed by atoms with E-state index in [2.05, 4.69) is 20.8 Å². The summed E-state index contributed by atoms with van der Waals surface area (Å²) in [6, 6.07) is 9.73. The van der Waals surface area contributed by atoms with Crippen molar-refractivity contribution < 1.29 is 28.3 Å². The van der Waals surface area contributed by atoms with Gasteiger partial charge in [-0.15, -0.1) is 10.2 Å². The molecule has 182 valence electrons. The minimum Gasteiger partial charge on any atom is -0.467 e. The Bertz CT molecular complexity index is 1180. The molecule has 4 rings (SSSR count). The number of amidine groups is 2. The van der Waals surface area contributed by atoms with Crippen LogP contribution in [0, 0.1) is 0 Å². The Morgan fingerprint density at radius 2 is 2.03 bits per heavy atom. The van der Waals surface area contributed by atoms with Crippen LogP contribution in [0.5, 0.6) is 0 Å². The summed E-state index contributed by atoms with van der Waals surface area (Å²) in [5.74, 6) is -0.475. The molecule has 2 N–H and O–H groups in total. The highest BCUT2D eigenvalue weighted by molar-refractivity contribution is 8.15. The first-order valence-corrected chi connectivity index (χ1v) is 12.4. The van der Waals surface area contributed by atoms with Crippen LogP contribution in [0.3, 0.4) is 0 Å². The Kier molecular flexibility index (Phi) is 7.87. The Labute approximate surface area is 208 Å². The molecule has 13 heteroatoms. The first-order chi connectivity index (χ1) is 16.9. The molecule has 1 aromatic carbocycles. The van der Waals surface area contributed by atoms with Gasteiger partial charge in [0.2, 0.25) is 17.7 Å². The van der Waals surface area contributed by atoms with Gasteiger partial charge in [-0.2, -0.15) is 0 Å². The average molecular weight is 516 g/mol. The molecular formula is C22H21N5O6S2. The molecule has 2 aliphatic rings. The van der Waals surface area contributed by atoms with Crippen molar-refractivity contribution in [3.63, 3.8) is 0 Å². The zero-order valence-corrected chi connectivity index (χ0v) is 20.2. The summed E-state index contributed by atoms with van der Waals surface area (Å²) in [4.78, 5) is 50.3. The summed E-state index contributed by atoms with van der Waals surface area (Å²) in [7, 11) is 0. The van der Waals surface area contributed by atoms with Gasteiger partial charge in [0.25, 0.3) is 0 Å². The van der Waals surface area contributed by atoms with Crippen LogP contribution in [0.4, 0.5) is 5.69 Å². The van der Waals surface area contributed by atoms with E-state index in [1.54, 1.807) is 43.3 Å². The van der Waals surface area contributed by atoms with Gasteiger partial charge in [0.15, 0.2) is 10.3 Å². The number of carbonyl (C=O) groups excluding carboxylic acids is 4. The number of furan rings is 1. The normalized spacial score (nSPS) is 19.9. The lowest BCUT2D eigenvalue weighted by Crippen LogP contribution is -2.33. The molecule has 2 aliphatic heterocycles. The third-order valence-electron chi connectivity index (χ3n) is 4.78. The number of hydrogen-bond donors (Lipinski definition) is 2. The number of rotatable bonds is 8. The van der Waals surface area contributed by atoms with E-state index < -0.39 is 11.2 Å². The number of benzene rings is 1. The molecule has 1 aromatic heterocycles. The van der Waals surface area contributed by atoms with Crippen molar-refractivity contribution in [1.82, 2.24) is 10.2 Å². The number of amides is 3. The third kappa shape index (κ3) is 6.31. The first-order valence-electron chi connectivity index (χ1n) is 10.6. The molecule has 1 atom stereocenters. The molecule has 11 nitrogen and oxygen atoms in total. The van der Waals surface area contributed by atoms with Gasteiger partial charge < -0.3 is 19.8 Å². The number of anilines is 1. The number of nitrogens with one attached hydrogen (secondary N) is 2. The fourth-order valence-electron chi connectivity index (χ4n) is 3.17. The summed E-state index contributed by atoms with van der Waals surface area (Å²) >= 11 is 2.33. The molecule has 3 heterocycles. The van der Waals surface area contributed by atoms with Crippen LogP contribution in [0.15, 0.2) is 57.3 Å². The van der Waals surface area contributed by atoms with Crippen LogP contribution in [0.1, 0.15) is 29.5 Å². The molecule has 0 unspecified atom stereocenters. The molecule has 0 aliphatic carbocycles. The van der Waals surface area contributed by atoms with Crippen molar-refractivity contribution >= 4 is 63.2 Å². The second-order valence-electron chi connectivity index (χ2n) is 7.28. The molecule has 35 heavy (non-hydrogen) atoms. The van der Waals surface area contributed by atoms with Gasteiger partial charge in [-0.1, -0.05) is 23.5 Å². The lowest BCUT2D eigenvalue weighted by Gasteiger charge is -2.14. The van der Waals surface area contributed by atoms with Crippen molar-refractivity contribution in [1.29, 1.82) is 0 Å². The summed E-state index contributed by atoms with van der Waals surface area (Å²) in [5, 5.41) is 13.4. The number of thioether (sulfide) groups is 2. The van der Waals surface area contributed by atoms with Gasteiger partial charge in [0.05, 0.1) is 30.7 Å². The van der Waals surface area contributed by atoms with E-state index in [1.165, 1.54) is 22.9 Å². The van der Waals surface area contributed by atoms with Crippen LogP contribution in [0.2, 0.25) is 0 Å². The highest BCUT2D eigenvalue weighted by Gasteiger charge is 2.40. The Balaban J connectivity index is 1.43. The zero-order valence-electron chi connectivity index (χ0n) is 18.6. The van der Waals surface area contributed by atoms with Crippen LogP contribution in [0.25, 0.3) is 0 Å². The van der Waals surface area contributed by atoms with Gasteiger partial charge >= 0.3 is 5.97 Å². The lowest BCUT2D eigenvalue weighted by atomic mass is 10.2. The average Bonchev–Trinajstić information content (AvgIpc) is 3.57. The van der Waals surface area contributed by atoms with Crippen molar-refractivity contribution in [2.45, 2.75) is 25.1 Å². The number of hydrogen-bond acceptors (Lipinski definition) is 10. The van der Waals surface area contributed by atoms with Crippen molar-refractivity contribution in [2.75, 3.05) is 17.7 Å². The van der Waals surface area contributed by atoms with Gasteiger partial charge in [-0.25, -0.2) is 4.79 Å². The summed E-state index contributed by atoms with van der Waals surface area (Å²) < 4.78 is 10.3. The minimum atomic E-state index is -0.714. The molecule has 0 radical (unpaired) electrons. The quantitative estimate of drug-likeness (QED) is 0.403. The Hall–Kier alpha value is -3.58. The number of esters is 1. The van der Waals surface area contributed by atoms with Gasteiger partial charge in [-0.05, 0) is 43.3 Å². The smallest absolute Gasteiger partial charge is 0.338 e. The van der Waals surface area contributed by atoms with Gasteiger partial charge in [-0.3, -0.25) is 19.3 Å². The second-order valence-corrected chi connectivity index (χ2v) is 9.42. The predicted molar refractivity (Wildman–Crippen MR) is 132 cm³/mol. The van der Waals surface area contributed by atoms with E-state index in [4.69, 9.17) is 9.15 Å². The SMILES string of the molecule is CCOC(=O)c1ccc(NC(=O)C[C@@H]2S/C(=N/N=C3NC(=O)CS3)N(Cc3ccco3)C2=O)cc1. The maximum absolute atomic E-state index is 13.1. The summed E-state index contributed by atoms with van der Waals surface area (Å²) in [6.45, 7) is 2.13. The molecule has 2 fully saturated rings. The van der Waals surface area contributed by atoms with E-state index in [-0.39, 0.29) is 43.0 Å². The van der Waals surface area contributed by atoms with Crippen LogP contribution in [-0.2, 0) is 25.7 Å².